The quantitative estimate of drug-likeness (QED) is 0.468. The number of halogens is 3. The van der Waals surface area contributed by atoms with E-state index in [0.29, 0.717) is 12.0 Å². The van der Waals surface area contributed by atoms with Crippen LogP contribution in [-0.4, -0.2) is 33.2 Å². The zero-order chi connectivity index (χ0) is 20.4. The third kappa shape index (κ3) is 4.43. The van der Waals surface area contributed by atoms with Crippen LogP contribution in [0.1, 0.15) is 69.2 Å². The summed E-state index contributed by atoms with van der Waals surface area (Å²) in [6.07, 6.45) is 3.67. The Bertz CT molecular complexity index is 754. The predicted octanol–water partition coefficient (Wildman–Crippen LogP) is 3.25. The lowest BCUT2D eigenvalue weighted by Gasteiger charge is -2.23. The molecule has 1 unspecified atom stereocenters. The molecule has 0 aromatic carbocycles. The fourth-order valence-electron chi connectivity index (χ4n) is 3.43. The molecular weight excluding hydrogens is 377 g/mol. The summed E-state index contributed by atoms with van der Waals surface area (Å²) in [4.78, 5) is 0. The van der Waals surface area contributed by atoms with E-state index in [4.69, 9.17) is 15.3 Å². The maximum atomic E-state index is 12.9. The minimum Gasteiger partial charge on any atom is -0.494 e. The second-order valence-electron chi connectivity index (χ2n) is 7.45. The van der Waals surface area contributed by atoms with Crippen LogP contribution in [-0.2, 0) is 5.41 Å². The molecule has 2 aliphatic rings. The van der Waals surface area contributed by atoms with Crippen molar-refractivity contribution in [3.8, 4) is 0 Å². The Balaban J connectivity index is 1.62. The maximum absolute atomic E-state index is 12.9. The number of nitrogens with one attached hydrogen (secondary N) is 1. The lowest BCUT2D eigenvalue weighted by Crippen LogP contribution is -2.33. The molecule has 3 rings (SSSR count). The first-order valence-electron chi connectivity index (χ1n) is 9.45. The van der Waals surface area contributed by atoms with E-state index in [9.17, 15) is 18.3 Å². The number of unbranched alkanes of at least 4 members (excludes halogenated alkanes) is 4. The number of rotatable bonds is 9. The van der Waals surface area contributed by atoms with Gasteiger partial charge in [0.15, 0.2) is 5.88 Å². The molecule has 0 amide bonds. The summed E-state index contributed by atoms with van der Waals surface area (Å²) in [5, 5.41) is 28.8. The molecule has 1 aliphatic heterocycles. The first kappa shape index (κ1) is 20.5. The Morgan fingerprint density at radius 1 is 1.18 bits per heavy atom. The Labute approximate surface area is 160 Å². The Hall–Kier alpha value is -2.23. The van der Waals surface area contributed by atoms with Crippen molar-refractivity contribution in [2.45, 2.75) is 69.0 Å². The van der Waals surface area contributed by atoms with Gasteiger partial charge in [-0.1, -0.05) is 25.7 Å². The van der Waals surface area contributed by atoms with Gasteiger partial charge in [0.25, 0.3) is 0 Å². The van der Waals surface area contributed by atoms with E-state index >= 15 is 0 Å². The van der Waals surface area contributed by atoms with Gasteiger partial charge in [-0.3, -0.25) is 0 Å². The molecule has 1 atom stereocenters. The second-order valence-corrected chi connectivity index (χ2v) is 7.45. The molecule has 0 radical (unpaired) electrons. The first-order chi connectivity index (χ1) is 13.3. The molecule has 0 bridgehead atoms. The van der Waals surface area contributed by atoms with Crippen molar-refractivity contribution in [1.29, 1.82) is 0 Å². The van der Waals surface area contributed by atoms with Crippen LogP contribution in [0.2, 0.25) is 0 Å². The molecule has 156 valence electrons. The zero-order valence-electron chi connectivity index (χ0n) is 15.4. The zero-order valence-corrected chi connectivity index (χ0v) is 15.4. The predicted molar refractivity (Wildman–Crippen MR) is 93.9 cm³/mol. The van der Waals surface area contributed by atoms with Crippen LogP contribution in [0.4, 0.5) is 13.2 Å². The van der Waals surface area contributed by atoms with E-state index in [0.717, 1.165) is 51.4 Å². The monoisotopic (exact) mass is 402 g/mol. The summed E-state index contributed by atoms with van der Waals surface area (Å²) < 4.78 is 44.3. The Morgan fingerprint density at radius 3 is 2.50 bits per heavy atom. The molecule has 5 N–H and O–H groups in total. The summed E-state index contributed by atoms with van der Waals surface area (Å²) in [7, 11) is 0. The lowest BCUT2D eigenvalue weighted by molar-refractivity contribution is -0.0920. The van der Waals surface area contributed by atoms with Crippen LogP contribution in [0, 0.1) is 0 Å². The summed E-state index contributed by atoms with van der Waals surface area (Å²) >= 11 is 0. The fourth-order valence-corrected chi connectivity index (χ4v) is 3.43. The topological polar surface area (TPSA) is 117 Å². The Morgan fingerprint density at radius 2 is 1.86 bits per heavy atom. The van der Waals surface area contributed by atoms with E-state index in [1.165, 1.54) is 0 Å². The lowest BCUT2D eigenvalue weighted by atomic mass is 9.97. The van der Waals surface area contributed by atoms with Crippen molar-refractivity contribution in [2.24, 2.45) is 5.73 Å². The molecular formula is C18H25F3N4O3. The highest BCUT2D eigenvalue weighted by molar-refractivity contribution is 5.36. The van der Waals surface area contributed by atoms with Gasteiger partial charge in [0.05, 0.1) is 0 Å². The van der Waals surface area contributed by atoms with Gasteiger partial charge >= 0.3 is 6.18 Å². The standard InChI is InChI=1S/C18H25F3N4O3/c19-18(20,21)11-10-12(22)13(23-14(11)27)15-24-25-16(28-15)17(7-8-17)6-4-2-1-3-5-9-26/h10,13,23,26-27H,1-9,22H2. The van der Waals surface area contributed by atoms with E-state index in [1.807, 2.05) is 0 Å². The molecule has 1 aromatic heterocycles. The van der Waals surface area contributed by atoms with E-state index < -0.39 is 23.7 Å². The molecule has 1 fully saturated rings. The highest BCUT2D eigenvalue weighted by Crippen LogP contribution is 2.51. The molecule has 1 aromatic rings. The molecule has 0 saturated heterocycles. The number of aliphatic hydroxyl groups excluding tert-OH is 2. The SMILES string of the molecule is NC1=CC(C(F)(F)F)=C(O)NC1c1nnc(C2(CCCCCCCO)CC2)o1. The van der Waals surface area contributed by atoms with E-state index in [2.05, 4.69) is 15.5 Å². The summed E-state index contributed by atoms with van der Waals surface area (Å²) in [6, 6.07) is -0.998. The van der Waals surface area contributed by atoms with E-state index in [1.54, 1.807) is 0 Å². The average molecular weight is 402 g/mol. The minimum atomic E-state index is -4.72. The average Bonchev–Trinajstić information content (AvgIpc) is 3.25. The molecule has 28 heavy (non-hydrogen) atoms. The third-order valence-electron chi connectivity index (χ3n) is 5.29. The normalized spacial score (nSPS) is 21.4. The number of hydrogen-bond donors (Lipinski definition) is 4. The number of aliphatic hydroxyl groups is 2. The molecule has 2 heterocycles. The van der Waals surface area contributed by atoms with Crippen molar-refractivity contribution in [2.75, 3.05) is 6.61 Å². The number of hydrogen-bond acceptors (Lipinski definition) is 7. The van der Waals surface area contributed by atoms with Crippen LogP contribution in [0.25, 0.3) is 0 Å². The van der Waals surface area contributed by atoms with Crippen LogP contribution in [0.3, 0.4) is 0 Å². The molecule has 0 spiro atoms. The van der Waals surface area contributed by atoms with Crippen LogP contribution in [0.15, 0.2) is 27.6 Å². The van der Waals surface area contributed by atoms with Crippen molar-refractivity contribution < 1.29 is 27.8 Å². The van der Waals surface area contributed by atoms with Gasteiger partial charge in [0.1, 0.15) is 11.6 Å². The van der Waals surface area contributed by atoms with Gasteiger partial charge in [-0.2, -0.15) is 13.2 Å². The summed E-state index contributed by atoms with van der Waals surface area (Å²) in [5.41, 5.74) is 4.18. The molecule has 1 saturated carbocycles. The number of aromatic nitrogens is 2. The summed E-state index contributed by atoms with van der Waals surface area (Å²) in [5.74, 6) is -0.515. The number of nitrogens with two attached hydrogens (primary N) is 1. The minimum absolute atomic E-state index is 0.0331. The fraction of sp³-hybridized carbons (Fsp3) is 0.667. The number of allylic oxidation sites excluding steroid dienone is 2. The van der Waals surface area contributed by atoms with Crippen molar-refractivity contribution >= 4 is 0 Å². The molecule has 7 nitrogen and oxygen atoms in total. The number of alkyl halides is 3. The van der Waals surface area contributed by atoms with Crippen LogP contribution in [0.5, 0.6) is 0 Å². The summed E-state index contributed by atoms with van der Waals surface area (Å²) in [6.45, 7) is 0.219. The van der Waals surface area contributed by atoms with Gasteiger partial charge in [0.2, 0.25) is 11.8 Å². The second kappa shape index (κ2) is 8.02. The number of dihydropyridines is 1. The Kier molecular flexibility index (Phi) is 5.87. The van der Waals surface area contributed by atoms with Crippen LogP contribution >= 0.6 is 0 Å². The number of nitrogens with zero attached hydrogens (tertiary/aromatic N) is 2. The van der Waals surface area contributed by atoms with Gasteiger partial charge < -0.3 is 25.7 Å². The first-order valence-corrected chi connectivity index (χ1v) is 9.45. The highest BCUT2D eigenvalue weighted by atomic mass is 19.4. The van der Waals surface area contributed by atoms with Crippen LogP contribution < -0.4 is 11.1 Å². The van der Waals surface area contributed by atoms with E-state index in [-0.39, 0.29) is 23.6 Å². The van der Waals surface area contributed by atoms with Gasteiger partial charge in [-0.05, 0) is 31.8 Å². The largest absolute Gasteiger partial charge is 0.494 e. The maximum Gasteiger partial charge on any atom is 0.421 e. The van der Waals surface area contributed by atoms with Gasteiger partial charge in [-0.15, -0.1) is 10.2 Å². The smallest absolute Gasteiger partial charge is 0.421 e. The molecule has 1 aliphatic carbocycles. The van der Waals surface area contributed by atoms with Gasteiger partial charge in [0, 0.05) is 17.7 Å². The van der Waals surface area contributed by atoms with Crippen molar-refractivity contribution in [1.82, 2.24) is 15.5 Å². The van der Waals surface area contributed by atoms with Crippen molar-refractivity contribution in [3.63, 3.8) is 0 Å². The molecule has 10 heteroatoms. The third-order valence-corrected chi connectivity index (χ3v) is 5.29. The van der Waals surface area contributed by atoms with Crippen molar-refractivity contribution in [3.05, 3.63) is 35.0 Å². The van der Waals surface area contributed by atoms with Gasteiger partial charge in [-0.25, -0.2) is 0 Å². The highest BCUT2D eigenvalue weighted by Gasteiger charge is 2.49.